The third-order valence-electron chi connectivity index (χ3n) is 4.29. The number of anilines is 2. The summed E-state index contributed by atoms with van der Waals surface area (Å²) in [6.45, 7) is 4.29. The van der Waals surface area contributed by atoms with Gasteiger partial charge in [-0.15, -0.1) is 0 Å². The van der Waals surface area contributed by atoms with Crippen molar-refractivity contribution in [1.29, 1.82) is 0 Å². The molecule has 3 heteroatoms. The zero-order valence-corrected chi connectivity index (χ0v) is 13.3. The molecule has 2 N–H and O–H groups in total. The molecule has 0 saturated heterocycles. The Morgan fingerprint density at radius 2 is 1.68 bits per heavy atom. The van der Waals surface area contributed by atoms with Crippen LogP contribution in [0.1, 0.15) is 22.9 Å². The van der Waals surface area contributed by atoms with Crippen LogP contribution in [0.15, 0.2) is 48.5 Å². The van der Waals surface area contributed by atoms with E-state index in [9.17, 15) is 0 Å². The van der Waals surface area contributed by atoms with Crippen molar-refractivity contribution in [3.63, 3.8) is 0 Å². The molecule has 0 spiro atoms. The Labute approximate surface area is 135 Å². The van der Waals surface area contributed by atoms with Gasteiger partial charge in [-0.1, -0.05) is 41.9 Å². The van der Waals surface area contributed by atoms with Crippen molar-refractivity contribution < 1.29 is 0 Å². The van der Waals surface area contributed by atoms with Crippen LogP contribution >= 0.6 is 11.6 Å². The Hall–Kier alpha value is -2.19. The Kier molecular flexibility index (Phi) is 3.02. The highest BCUT2D eigenvalue weighted by Crippen LogP contribution is 2.41. The van der Waals surface area contributed by atoms with Gasteiger partial charge in [0.2, 0.25) is 0 Å². The summed E-state index contributed by atoms with van der Waals surface area (Å²) in [6.07, 6.45) is -0.0195. The number of aryl methyl sites for hydroxylation is 2. The molecule has 110 valence electrons. The van der Waals surface area contributed by atoms with Gasteiger partial charge >= 0.3 is 0 Å². The van der Waals surface area contributed by atoms with E-state index < -0.39 is 0 Å². The highest BCUT2D eigenvalue weighted by Gasteiger charge is 2.22. The molecule has 0 amide bonds. The first-order valence-corrected chi connectivity index (χ1v) is 7.83. The van der Waals surface area contributed by atoms with Gasteiger partial charge in [-0.2, -0.15) is 0 Å². The van der Waals surface area contributed by atoms with Crippen LogP contribution in [0.4, 0.5) is 11.4 Å². The Balaban J connectivity index is 1.90. The zero-order chi connectivity index (χ0) is 15.3. The summed E-state index contributed by atoms with van der Waals surface area (Å²) in [5, 5.41) is 10.5. The summed E-state index contributed by atoms with van der Waals surface area (Å²) in [5.74, 6) is 0. The van der Waals surface area contributed by atoms with E-state index >= 15 is 0 Å². The van der Waals surface area contributed by atoms with Gasteiger partial charge in [0.25, 0.3) is 0 Å². The molecule has 3 aromatic carbocycles. The maximum absolute atomic E-state index is 6.36. The van der Waals surface area contributed by atoms with Crippen LogP contribution in [-0.4, -0.2) is 0 Å². The lowest BCUT2D eigenvalue weighted by Crippen LogP contribution is -2.24. The lowest BCUT2D eigenvalue weighted by molar-refractivity contribution is 0.896. The number of hydrogen-bond acceptors (Lipinski definition) is 2. The molecular weight excluding hydrogens is 292 g/mol. The lowest BCUT2D eigenvalue weighted by Gasteiger charge is -2.31. The molecule has 0 bridgehead atoms. The van der Waals surface area contributed by atoms with Crippen molar-refractivity contribution in [2.24, 2.45) is 0 Å². The minimum atomic E-state index is -0.0195. The van der Waals surface area contributed by atoms with E-state index in [4.69, 9.17) is 11.6 Å². The molecule has 1 unspecified atom stereocenters. The molecule has 1 heterocycles. The summed E-state index contributed by atoms with van der Waals surface area (Å²) in [6, 6.07) is 16.7. The van der Waals surface area contributed by atoms with Crippen LogP contribution in [0.25, 0.3) is 10.8 Å². The predicted molar refractivity (Wildman–Crippen MR) is 94.9 cm³/mol. The SMILES string of the molecule is Cc1cc2c3c(ccc(C)c3c1)NC(c1ccccc1Cl)N2. The maximum atomic E-state index is 6.36. The fraction of sp³-hybridized carbons (Fsp3) is 0.158. The van der Waals surface area contributed by atoms with Crippen LogP contribution in [0.5, 0.6) is 0 Å². The van der Waals surface area contributed by atoms with Crippen LogP contribution < -0.4 is 10.6 Å². The molecule has 2 nitrogen and oxygen atoms in total. The van der Waals surface area contributed by atoms with Gasteiger partial charge in [0, 0.05) is 27.3 Å². The fourth-order valence-electron chi connectivity index (χ4n) is 3.21. The Bertz CT molecular complexity index is 886. The Morgan fingerprint density at radius 3 is 2.50 bits per heavy atom. The predicted octanol–water partition coefficient (Wildman–Crippen LogP) is 5.65. The van der Waals surface area contributed by atoms with E-state index in [-0.39, 0.29) is 6.17 Å². The third-order valence-corrected chi connectivity index (χ3v) is 4.64. The highest BCUT2D eigenvalue weighted by molar-refractivity contribution is 6.31. The van der Waals surface area contributed by atoms with E-state index in [1.54, 1.807) is 0 Å². The highest BCUT2D eigenvalue weighted by atomic mass is 35.5. The van der Waals surface area contributed by atoms with Crippen molar-refractivity contribution >= 4 is 33.7 Å². The number of hydrogen-bond donors (Lipinski definition) is 2. The minimum absolute atomic E-state index is 0.0195. The van der Waals surface area contributed by atoms with E-state index in [2.05, 4.69) is 54.8 Å². The monoisotopic (exact) mass is 308 g/mol. The molecular formula is C19H17ClN2. The largest absolute Gasteiger partial charge is 0.361 e. The average molecular weight is 309 g/mol. The van der Waals surface area contributed by atoms with Crippen molar-refractivity contribution in [2.45, 2.75) is 20.0 Å². The van der Waals surface area contributed by atoms with E-state index in [0.717, 1.165) is 22.0 Å². The summed E-state index contributed by atoms with van der Waals surface area (Å²) in [7, 11) is 0. The number of nitrogens with one attached hydrogen (secondary N) is 2. The number of benzene rings is 3. The van der Waals surface area contributed by atoms with Crippen LogP contribution in [0, 0.1) is 13.8 Å². The molecule has 4 rings (SSSR count). The van der Waals surface area contributed by atoms with Crippen LogP contribution in [0.3, 0.4) is 0 Å². The quantitative estimate of drug-likeness (QED) is 0.607. The first-order chi connectivity index (χ1) is 10.6. The van der Waals surface area contributed by atoms with Gasteiger partial charge in [0.15, 0.2) is 0 Å². The van der Waals surface area contributed by atoms with E-state index in [1.807, 2.05) is 18.2 Å². The van der Waals surface area contributed by atoms with E-state index in [0.29, 0.717) is 0 Å². The molecule has 22 heavy (non-hydrogen) atoms. The third kappa shape index (κ3) is 2.03. The van der Waals surface area contributed by atoms with Gasteiger partial charge in [-0.25, -0.2) is 0 Å². The molecule has 1 aliphatic rings. The van der Waals surface area contributed by atoms with Gasteiger partial charge in [-0.3, -0.25) is 0 Å². The zero-order valence-electron chi connectivity index (χ0n) is 12.6. The number of rotatable bonds is 1. The van der Waals surface area contributed by atoms with Gasteiger partial charge in [-0.05, 0) is 48.6 Å². The lowest BCUT2D eigenvalue weighted by atomic mass is 9.97. The fourth-order valence-corrected chi connectivity index (χ4v) is 3.46. The molecule has 0 aromatic heterocycles. The van der Waals surface area contributed by atoms with Crippen molar-refractivity contribution in [2.75, 3.05) is 10.6 Å². The van der Waals surface area contributed by atoms with Gasteiger partial charge < -0.3 is 10.6 Å². The average Bonchev–Trinajstić information content (AvgIpc) is 2.50. The minimum Gasteiger partial charge on any atom is -0.361 e. The second-order valence-electron chi connectivity index (χ2n) is 5.91. The smallest absolute Gasteiger partial charge is 0.125 e. The summed E-state index contributed by atoms with van der Waals surface area (Å²) in [4.78, 5) is 0. The van der Waals surface area contributed by atoms with E-state index in [1.165, 1.54) is 21.9 Å². The molecule has 0 saturated carbocycles. The molecule has 3 aromatic rings. The summed E-state index contributed by atoms with van der Waals surface area (Å²) in [5.41, 5.74) is 5.93. The molecule has 0 aliphatic carbocycles. The maximum Gasteiger partial charge on any atom is 0.125 e. The standard InChI is InChI=1S/C19H17ClN2/c1-11-9-14-12(2)7-8-16-18(14)17(10-11)22-19(21-16)13-5-3-4-6-15(13)20/h3-10,19,21-22H,1-2H3. The topological polar surface area (TPSA) is 24.1 Å². The first kappa shape index (κ1) is 13.5. The molecule has 0 fully saturated rings. The van der Waals surface area contributed by atoms with Crippen LogP contribution in [0.2, 0.25) is 5.02 Å². The van der Waals surface area contributed by atoms with Gasteiger partial charge in [0.1, 0.15) is 6.17 Å². The van der Waals surface area contributed by atoms with Gasteiger partial charge in [0.05, 0.1) is 0 Å². The van der Waals surface area contributed by atoms with Crippen LogP contribution in [-0.2, 0) is 0 Å². The molecule has 1 aliphatic heterocycles. The Morgan fingerprint density at radius 1 is 0.909 bits per heavy atom. The second-order valence-corrected chi connectivity index (χ2v) is 6.32. The van der Waals surface area contributed by atoms with Crippen molar-refractivity contribution in [3.05, 3.63) is 70.2 Å². The van der Waals surface area contributed by atoms with Crippen molar-refractivity contribution in [3.8, 4) is 0 Å². The molecule has 0 radical (unpaired) electrons. The molecule has 1 atom stereocenters. The number of halogens is 1. The first-order valence-electron chi connectivity index (χ1n) is 7.45. The normalized spacial score (nSPS) is 16.2. The second kappa shape index (κ2) is 4.92. The summed E-state index contributed by atoms with van der Waals surface area (Å²) < 4.78 is 0. The van der Waals surface area contributed by atoms with Crippen molar-refractivity contribution in [1.82, 2.24) is 0 Å². The summed E-state index contributed by atoms with van der Waals surface area (Å²) >= 11 is 6.36.